The zero-order valence-electron chi connectivity index (χ0n) is 14.7. The number of urea groups is 1. The van der Waals surface area contributed by atoms with E-state index in [1.165, 1.54) is 0 Å². The smallest absolute Gasteiger partial charge is 0.315 e. The summed E-state index contributed by atoms with van der Waals surface area (Å²) in [6.07, 6.45) is 4.91. The number of rotatable bonds is 7. The number of benzene rings is 1. The van der Waals surface area contributed by atoms with Crippen molar-refractivity contribution >= 4 is 16.1 Å². The minimum Gasteiger partial charge on any atom is -0.338 e. The van der Waals surface area contributed by atoms with Gasteiger partial charge in [0.25, 0.3) is 0 Å². The molecule has 7 heteroatoms. The number of carbonyl (C=O) groups excluding carboxylic acids is 1. The number of aryl methyl sites for hydroxylation is 1. The van der Waals surface area contributed by atoms with Crippen molar-refractivity contribution in [3.05, 3.63) is 42.5 Å². The zero-order chi connectivity index (χ0) is 18.3. The molecule has 0 bridgehead atoms. The molecule has 1 aliphatic rings. The van der Waals surface area contributed by atoms with Crippen molar-refractivity contribution in [3.63, 3.8) is 0 Å². The first-order chi connectivity index (χ1) is 11.9. The molecular weight excluding hydrogens is 338 g/mol. The van der Waals surface area contributed by atoms with Gasteiger partial charge in [0, 0.05) is 25.7 Å². The maximum atomic E-state index is 13.0. The van der Waals surface area contributed by atoms with E-state index in [1.54, 1.807) is 22.5 Å². The molecule has 1 aliphatic heterocycles. The standard InChI is InChI=1S/C18H27N3O3S/c1-3-12-19-18(22)20-13-11-16-6-4-5-14-21(16)25(23,24)17-9-7-15(2)8-10-17/h3,7-10,16H,1,4-6,11-14H2,2H3,(H2,19,20,22). The summed E-state index contributed by atoms with van der Waals surface area (Å²) in [6, 6.07) is 6.62. The molecule has 0 radical (unpaired) electrons. The molecule has 0 saturated carbocycles. The lowest BCUT2D eigenvalue weighted by molar-refractivity contribution is 0.229. The third kappa shape index (κ3) is 5.31. The summed E-state index contributed by atoms with van der Waals surface area (Å²) < 4.78 is 27.5. The summed E-state index contributed by atoms with van der Waals surface area (Å²) in [4.78, 5) is 11.9. The normalized spacial score (nSPS) is 18.5. The summed E-state index contributed by atoms with van der Waals surface area (Å²) in [7, 11) is -3.50. The fourth-order valence-corrected chi connectivity index (χ4v) is 4.73. The predicted octanol–water partition coefficient (Wildman–Crippen LogP) is 2.41. The van der Waals surface area contributed by atoms with Crippen LogP contribution in [-0.2, 0) is 10.0 Å². The Morgan fingerprint density at radius 1 is 1.28 bits per heavy atom. The van der Waals surface area contributed by atoms with E-state index < -0.39 is 10.0 Å². The molecule has 2 rings (SSSR count). The second kappa shape index (κ2) is 9.01. The fraction of sp³-hybridized carbons (Fsp3) is 0.500. The van der Waals surface area contributed by atoms with Crippen LogP contribution in [0.1, 0.15) is 31.2 Å². The van der Waals surface area contributed by atoms with Crippen molar-refractivity contribution in [1.82, 2.24) is 14.9 Å². The number of amides is 2. The maximum absolute atomic E-state index is 13.0. The van der Waals surface area contributed by atoms with Crippen molar-refractivity contribution < 1.29 is 13.2 Å². The Balaban J connectivity index is 2.01. The van der Waals surface area contributed by atoms with Crippen molar-refractivity contribution in [2.75, 3.05) is 19.6 Å². The lowest BCUT2D eigenvalue weighted by Crippen LogP contribution is -2.45. The van der Waals surface area contributed by atoms with Crippen LogP contribution < -0.4 is 10.6 Å². The Morgan fingerprint density at radius 3 is 2.68 bits per heavy atom. The molecule has 1 saturated heterocycles. The van der Waals surface area contributed by atoms with E-state index in [2.05, 4.69) is 17.2 Å². The highest BCUT2D eigenvalue weighted by Crippen LogP contribution is 2.27. The highest BCUT2D eigenvalue weighted by molar-refractivity contribution is 7.89. The van der Waals surface area contributed by atoms with E-state index in [9.17, 15) is 13.2 Å². The van der Waals surface area contributed by atoms with Crippen molar-refractivity contribution in [2.24, 2.45) is 0 Å². The molecule has 0 spiro atoms. The van der Waals surface area contributed by atoms with E-state index in [1.807, 2.05) is 19.1 Å². The van der Waals surface area contributed by atoms with Crippen LogP contribution in [0.15, 0.2) is 41.8 Å². The summed E-state index contributed by atoms with van der Waals surface area (Å²) in [6.45, 7) is 6.85. The number of piperidine rings is 1. The van der Waals surface area contributed by atoms with Gasteiger partial charge in [-0.15, -0.1) is 6.58 Å². The lowest BCUT2D eigenvalue weighted by atomic mass is 10.0. The Bertz CT molecular complexity index is 686. The van der Waals surface area contributed by atoms with Crippen LogP contribution in [0, 0.1) is 6.92 Å². The van der Waals surface area contributed by atoms with Gasteiger partial charge in [0.15, 0.2) is 0 Å². The molecule has 0 aliphatic carbocycles. The number of carbonyl (C=O) groups is 1. The van der Waals surface area contributed by atoms with Gasteiger partial charge in [0.05, 0.1) is 4.90 Å². The fourth-order valence-electron chi connectivity index (χ4n) is 3.00. The van der Waals surface area contributed by atoms with Crippen LogP contribution in [0.3, 0.4) is 0 Å². The Kier molecular flexibility index (Phi) is 7.01. The van der Waals surface area contributed by atoms with Gasteiger partial charge in [-0.1, -0.05) is 30.2 Å². The minimum absolute atomic E-state index is 0.0836. The average Bonchev–Trinajstić information content (AvgIpc) is 2.60. The molecule has 2 amide bonds. The molecule has 0 aromatic heterocycles. The van der Waals surface area contributed by atoms with Gasteiger partial charge in [0.2, 0.25) is 10.0 Å². The Labute approximate surface area is 150 Å². The number of nitrogens with zero attached hydrogens (tertiary/aromatic N) is 1. The molecule has 2 N–H and O–H groups in total. The van der Waals surface area contributed by atoms with Crippen LogP contribution in [0.5, 0.6) is 0 Å². The van der Waals surface area contributed by atoms with Crippen LogP contribution in [-0.4, -0.2) is 44.4 Å². The molecule has 1 fully saturated rings. The van der Waals surface area contributed by atoms with E-state index in [-0.39, 0.29) is 12.1 Å². The van der Waals surface area contributed by atoms with Gasteiger partial charge < -0.3 is 10.6 Å². The number of hydrogen-bond donors (Lipinski definition) is 2. The number of sulfonamides is 1. The summed E-state index contributed by atoms with van der Waals surface area (Å²) >= 11 is 0. The average molecular weight is 365 g/mol. The van der Waals surface area contributed by atoms with E-state index in [0.29, 0.717) is 31.0 Å². The molecular formula is C18H27N3O3S. The molecule has 1 unspecified atom stereocenters. The first-order valence-electron chi connectivity index (χ1n) is 8.66. The maximum Gasteiger partial charge on any atom is 0.315 e. The molecule has 25 heavy (non-hydrogen) atoms. The van der Waals surface area contributed by atoms with Gasteiger partial charge >= 0.3 is 6.03 Å². The van der Waals surface area contributed by atoms with Crippen LogP contribution in [0.2, 0.25) is 0 Å². The van der Waals surface area contributed by atoms with E-state index >= 15 is 0 Å². The Morgan fingerprint density at radius 2 is 2.00 bits per heavy atom. The van der Waals surface area contributed by atoms with Crippen molar-refractivity contribution in [3.8, 4) is 0 Å². The molecule has 1 atom stereocenters. The Hall–Kier alpha value is -1.86. The third-order valence-corrected chi connectivity index (χ3v) is 6.34. The number of nitrogens with one attached hydrogen (secondary N) is 2. The second-order valence-corrected chi connectivity index (χ2v) is 8.18. The summed E-state index contributed by atoms with van der Waals surface area (Å²) in [5.41, 5.74) is 1.03. The second-order valence-electron chi connectivity index (χ2n) is 6.29. The van der Waals surface area contributed by atoms with Crippen LogP contribution in [0.25, 0.3) is 0 Å². The van der Waals surface area contributed by atoms with Gasteiger partial charge in [-0.2, -0.15) is 4.31 Å². The monoisotopic (exact) mass is 365 g/mol. The van der Waals surface area contributed by atoms with Gasteiger partial charge in [-0.25, -0.2) is 13.2 Å². The number of hydrogen-bond acceptors (Lipinski definition) is 3. The van der Waals surface area contributed by atoms with Gasteiger partial charge in [0.1, 0.15) is 0 Å². The minimum atomic E-state index is -3.50. The largest absolute Gasteiger partial charge is 0.338 e. The third-order valence-electron chi connectivity index (χ3n) is 4.37. The molecule has 1 aromatic carbocycles. The summed E-state index contributed by atoms with van der Waals surface area (Å²) in [5, 5.41) is 5.41. The SMILES string of the molecule is C=CCNC(=O)NCCC1CCCCN1S(=O)(=O)c1ccc(C)cc1. The lowest BCUT2D eigenvalue weighted by Gasteiger charge is -2.34. The zero-order valence-corrected chi connectivity index (χ0v) is 15.5. The van der Waals surface area contributed by atoms with Crippen molar-refractivity contribution in [2.45, 2.75) is 43.5 Å². The topological polar surface area (TPSA) is 78.5 Å². The first kappa shape index (κ1) is 19.5. The van der Waals surface area contributed by atoms with Crippen molar-refractivity contribution in [1.29, 1.82) is 0 Å². The molecule has 1 heterocycles. The van der Waals surface area contributed by atoms with E-state index in [0.717, 1.165) is 24.8 Å². The quantitative estimate of drug-likeness (QED) is 0.729. The molecule has 6 nitrogen and oxygen atoms in total. The van der Waals surface area contributed by atoms with Gasteiger partial charge in [-0.3, -0.25) is 0 Å². The highest BCUT2D eigenvalue weighted by atomic mass is 32.2. The molecule has 138 valence electrons. The molecule has 1 aromatic rings. The first-order valence-corrected chi connectivity index (χ1v) is 10.1. The van der Waals surface area contributed by atoms with E-state index in [4.69, 9.17) is 0 Å². The summed E-state index contributed by atoms with van der Waals surface area (Å²) in [5.74, 6) is 0. The van der Waals surface area contributed by atoms with Crippen LogP contribution in [0.4, 0.5) is 4.79 Å². The van der Waals surface area contributed by atoms with Gasteiger partial charge in [-0.05, 0) is 38.3 Å². The van der Waals surface area contributed by atoms with Crippen LogP contribution >= 0.6 is 0 Å². The highest BCUT2D eigenvalue weighted by Gasteiger charge is 2.33. The predicted molar refractivity (Wildman–Crippen MR) is 98.9 cm³/mol.